The molecule has 7 nitrogen and oxygen atoms in total. The van der Waals surface area contributed by atoms with E-state index in [9.17, 15) is 18.3 Å². The molecule has 1 amide bonds. The molecule has 0 aliphatic carbocycles. The quantitative estimate of drug-likeness (QED) is 0.171. The Bertz CT molecular complexity index is 1640. The molecule has 0 bridgehead atoms. The summed E-state index contributed by atoms with van der Waals surface area (Å²) >= 11 is 17.9. The number of nitrogens with one attached hydrogen (secondary N) is 1. The van der Waals surface area contributed by atoms with E-state index in [1.54, 1.807) is 54.6 Å². The van der Waals surface area contributed by atoms with Crippen molar-refractivity contribution in [3.8, 4) is 5.75 Å². The van der Waals surface area contributed by atoms with E-state index in [2.05, 4.69) is 10.5 Å². The molecule has 0 aliphatic rings. The number of hydrogen-bond acceptors (Lipinski definition) is 5. The number of sulfonamides is 1. The minimum Gasteiger partial charge on any atom is -0.506 e. The highest BCUT2D eigenvalue weighted by Crippen LogP contribution is 2.31. The standard InChI is InChI=1S/C28H22Cl3N3O4S/c1-18-6-12-23(13-7-18)39(37,38)34(17-19-8-10-21(29)11-9-19)26-5-3-2-4-24(26)28(36)33-32-16-20-14-22(30)15-25(31)27(20)35/h2-16,35H,17H2,1H3,(H,33,36). The highest BCUT2D eigenvalue weighted by atomic mass is 35.5. The third-order valence-corrected chi connectivity index (χ3v) is 8.23. The third-order valence-electron chi connectivity index (χ3n) is 5.69. The first-order chi connectivity index (χ1) is 18.6. The van der Waals surface area contributed by atoms with E-state index < -0.39 is 15.9 Å². The molecule has 0 saturated carbocycles. The number of hydrazone groups is 1. The predicted octanol–water partition coefficient (Wildman–Crippen LogP) is 6.82. The number of amides is 1. The Kier molecular flexibility index (Phi) is 8.82. The Hall–Kier alpha value is -3.56. The number of hydrogen-bond donors (Lipinski definition) is 2. The molecule has 0 heterocycles. The zero-order valence-corrected chi connectivity index (χ0v) is 23.6. The number of nitrogens with zero attached hydrogens (tertiary/aromatic N) is 2. The molecular weight excluding hydrogens is 581 g/mol. The van der Waals surface area contributed by atoms with Gasteiger partial charge < -0.3 is 5.11 Å². The van der Waals surface area contributed by atoms with Crippen LogP contribution in [-0.2, 0) is 16.6 Å². The van der Waals surface area contributed by atoms with Crippen molar-refractivity contribution in [1.29, 1.82) is 0 Å². The van der Waals surface area contributed by atoms with Gasteiger partial charge >= 0.3 is 0 Å². The van der Waals surface area contributed by atoms with Crippen LogP contribution in [0.2, 0.25) is 15.1 Å². The molecule has 0 fully saturated rings. The van der Waals surface area contributed by atoms with Gasteiger partial charge in [0.2, 0.25) is 0 Å². The minimum atomic E-state index is -4.09. The first kappa shape index (κ1) is 28.4. The van der Waals surface area contributed by atoms with E-state index >= 15 is 0 Å². The first-order valence-corrected chi connectivity index (χ1v) is 14.1. The average molecular weight is 603 g/mol. The Labute approximate surface area is 241 Å². The lowest BCUT2D eigenvalue weighted by Gasteiger charge is -2.26. The van der Waals surface area contributed by atoms with Gasteiger partial charge in [-0.2, -0.15) is 5.10 Å². The molecule has 4 aromatic carbocycles. The van der Waals surface area contributed by atoms with Crippen LogP contribution in [0.4, 0.5) is 5.69 Å². The summed E-state index contributed by atoms with van der Waals surface area (Å²) in [6, 6.07) is 22.3. The Morgan fingerprint density at radius 3 is 2.31 bits per heavy atom. The number of anilines is 1. The maximum atomic E-state index is 13.9. The van der Waals surface area contributed by atoms with Crippen molar-refractivity contribution in [2.45, 2.75) is 18.4 Å². The second kappa shape index (κ2) is 12.1. The maximum Gasteiger partial charge on any atom is 0.273 e. The fourth-order valence-corrected chi connectivity index (χ4v) is 5.79. The monoisotopic (exact) mass is 601 g/mol. The zero-order chi connectivity index (χ0) is 28.2. The Morgan fingerprint density at radius 1 is 0.949 bits per heavy atom. The molecule has 0 unspecified atom stereocenters. The van der Waals surface area contributed by atoms with Gasteiger partial charge in [-0.25, -0.2) is 13.8 Å². The van der Waals surface area contributed by atoms with Gasteiger partial charge in [-0.1, -0.05) is 76.8 Å². The summed E-state index contributed by atoms with van der Waals surface area (Å²) in [6.45, 7) is 1.80. The van der Waals surface area contributed by atoms with Gasteiger partial charge in [0.15, 0.2) is 0 Å². The van der Waals surface area contributed by atoms with Gasteiger partial charge in [0, 0.05) is 15.6 Å². The van der Waals surface area contributed by atoms with E-state index in [1.165, 1.54) is 40.9 Å². The van der Waals surface area contributed by atoms with E-state index in [0.717, 1.165) is 5.56 Å². The van der Waals surface area contributed by atoms with Crippen LogP contribution < -0.4 is 9.73 Å². The molecule has 0 aromatic heterocycles. The third kappa shape index (κ3) is 6.72. The second-order valence-electron chi connectivity index (χ2n) is 8.49. The van der Waals surface area contributed by atoms with Crippen molar-refractivity contribution in [1.82, 2.24) is 5.43 Å². The van der Waals surface area contributed by atoms with Crippen molar-refractivity contribution in [2.75, 3.05) is 4.31 Å². The molecule has 4 rings (SSSR count). The Balaban J connectivity index is 1.72. The molecule has 4 aromatic rings. The van der Waals surface area contributed by atoms with Crippen LogP contribution in [0.1, 0.15) is 27.0 Å². The number of carbonyl (C=O) groups is 1. The van der Waals surface area contributed by atoms with E-state index in [-0.39, 0.29) is 44.0 Å². The lowest BCUT2D eigenvalue weighted by molar-refractivity contribution is 0.0955. The highest BCUT2D eigenvalue weighted by molar-refractivity contribution is 7.92. The number of aryl methyl sites for hydroxylation is 1. The summed E-state index contributed by atoms with van der Waals surface area (Å²) in [5, 5.41) is 14.8. The van der Waals surface area contributed by atoms with Crippen LogP contribution in [0.5, 0.6) is 5.75 Å². The smallest absolute Gasteiger partial charge is 0.273 e. The van der Waals surface area contributed by atoms with Gasteiger partial charge in [0.25, 0.3) is 15.9 Å². The summed E-state index contributed by atoms with van der Waals surface area (Å²) in [7, 11) is -4.09. The van der Waals surface area contributed by atoms with Crippen LogP contribution in [0, 0.1) is 6.92 Å². The molecule has 200 valence electrons. The Morgan fingerprint density at radius 2 is 1.62 bits per heavy atom. The molecule has 0 aliphatic heterocycles. The van der Waals surface area contributed by atoms with E-state index in [1.807, 2.05) is 6.92 Å². The van der Waals surface area contributed by atoms with E-state index in [4.69, 9.17) is 34.8 Å². The largest absolute Gasteiger partial charge is 0.506 e. The number of aromatic hydroxyl groups is 1. The molecular formula is C28H22Cl3N3O4S. The molecule has 0 radical (unpaired) electrons. The molecule has 11 heteroatoms. The lowest BCUT2D eigenvalue weighted by atomic mass is 10.1. The molecule has 39 heavy (non-hydrogen) atoms. The molecule has 2 N–H and O–H groups in total. The number of para-hydroxylation sites is 1. The van der Waals surface area contributed by atoms with Crippen molar-refractivity contribution < 1.29 is 18.3 Å². The van der Waals surface area contributed by atoms with Gasteiger partial charge in [0.1, 0.15) is 5.75 Å². The molecule has 0 atom stereocenters. The van der Waals surface area contributed by atoms with Crippen molar-refractivity contribution in [2.24, 2.45) is 5.10 Å². The van der Waals surface area contributed by atoms with Gasteiger partial charge in [-0.05, 0) is 61.0 Å². The predicted molar refractivity (Wildman–Crippen MR) is 156 cm³/mol. The highest BCUT2D eigenvalue weighted by Gasteiger charge is 2.28. The number of phenols is 1. The van der Waals surface area contributed by atoms with Crippen LogP contribution in [0.15, 0.2) is 94.9 Å². The number of benzene rings is 4. The summed E-state index contributed by atoms with van der Waals surface area (Å²) in [4.78, 5) is 13.3. The summed E-state index contributed by atoms with van der Waals surface area (Å²) < 4.78 is 28.9. The number of rotatable bonds is 8. The van der Waals surface area contributed by atoms with Crippen LogP contribution in [0.25, 0.3) is 0 Å². The van der Waals surface area contributed by atoms with Crippen molar-refractivity contribution in [3.63, 3.8) is 0 Å². The average Bonchev–Trinajstić information content (AvgIpc) is 2.91. The van der Waals surface area contributed by atoms with Crippen LogP contribution in [-0.4, -0.2) is 25.6 Å². The second-order valence-corrected chi connectivity index (χ2v) is 11.6. The summed E-state index contributed by atoms with van der Waals surface area (Å²) in [6.07, 6.45) is 1.18. The van der Waals surface area contributed by atoms with Crippen molar-refractivity contribution in [3.05, 3.63) is 122 Å². The van der Waals surface area contributed by atoms with Crippen molar-refractivity contribution >= 4 is 62.6 Å². The number of carbonyl (C=O) groups excluding carboxylic acids is 1. The number of halogens is 3. The molecule has 0 saturated heterocycles. The maximum absolute atomic E-state index is 13.9. The lowest BCUT2D eigenvalue weighted by Crippen LogP contribution is -2.33. The topological polar surface area (TPSA) is 99.1 Å². The van der Waals surface area contributed by atoms with Crippen LogP contribution in [0.3, 0.4) is 0 Å². The van der Waals surface area contributed by atoms with Crippen LogP contribution >= 0.6 is 34.8 Å². The van der Waals surface area contributed by atoms with Gasteiger partial charge in [-0.15, -0.1) is 0 Å². The SMILES string of the molecule is Cc1ccc(S(=O)(=O)N(Cc2ccc(Cl)cc2)c2ccccc2C(=O)NN=Cc2cc(Cl)cc(Cl)c2O)cc1. The summed E-state index contributed by atoms with van der Waals surface area (Å²) in [5.41, 5.74) is 4.34. The van der Waals surface area contributed by atoms with E-state index in [0.29, 0.717) is 10.6 Å². The fourth-order valence-electron chi connectivity index (χ4n) is 3.68. The van der Waals surface area contributed by atoms with Gasteiger partial charge in [-0.3, -0.25) is 9.10 Å². The minimum absolute atomic E-state index is 0.0276. The fraction of sp³-hybridized carbons (Fsp3) is 0.0714. The number of phenolic OH excluding ortho intramolecular Hbond substituents is 1. The van der Waals surface area contributed by atoms with Gasteiger partial charge in [0.05, 0.1) is 33.9 Å². The zero-order valence-electron chi connectivity index (χ0n) is 20.5. The normalized spacial score (nSPS) is 11.5. The first-order valence-electron chi connectivity index (χ1n) is 11.5. The molecule has 0 spiro atoms. The summed E-state index contributed by atoms with van der Waals surface area (Å²) in [5.74, 6) is -0.924.